The van der Waals surface area contributed by atoms with Crippen LogP contribution in [0.4, 0.5) is 0 Å². The Bertz CT molecular complexity index is 1090. The molecular weight excluding hydrogens is 420 g/mol. The maximum atomic E-state index is 13.7. The van der Waals surface area contributed by atoms with Crippen molar-refractivity contribution in [2.24, 2.45) is 7.05 Å². The standard InChI is InChI=1S/C25H28N4O2S/c1-28-22(26-27-24(28)32-17-18-7-4-3-5-8-18)21-9-6-16-29(21)23(30)25(14-15-25)19-10-12-20(31-2)13-11-19/h3-5,7-8,10-13,21H,6,9,14-17H2,1-2H3. The highest BCUT2D eigenvalue weighted by molar-refractivity contribution is 7.98. The second-order valence-corrected chi connectivity index (χ2v) is 9.58. The number of ether oxygens (including phenoxy) is 1. The normalized spacial score (nSPS) is 19.2. The molecule has 2 aliphatic rings. The third kappa shape index (κ3) is 3.79. The van der Waals surface area contributed by atoms with Crippen LogP contribution in [0, 0.1) is 0 Å². The molecule has 2 fully saturated rings. The van der Waals surface area contributed by atoms with Gasteiger partial charge in [0.05, 0.1) is 18.6 Å². The summed E-state index contributed by atoms with van der Waals surface area (Å²) < 4.78 is 7.35. The average molecular weight is 449 g/mol. The van der Waals surface area contributed by atoms with Crippen molar-refractivity contribution in [2.75, 3.05) is 13.7 Å². The fourth-order valence-electron chi connectivity index (χ4n) is 4.68. The summed E-state index contributed by atoms with van der Waals surface area (Å²) in [5.41, 5.74) is 1.96. The number of hydrogen-bond donors (Lipinski definition) is 0. The third-order valence-corrected chi connectivity index (χ3v) is 7.78. The van der Waals surface area contributed by atoms with Gasteiger partial charge in [-0.15, -0.1) is 10.2 Å². The monoisotopic (exact) mass is 448 g/mol. The first-order chi connectivity index (χ1) is 15.6. The average Bonchev–Trinajstić information content (AvgIpc) is 3.37. The van der Waals surface area contributed by atoms with Crippen LogP contribution in [-0.2, 0) is 23.0 Å². The van der Waals surface area contributed by atoms with Gasteiger partial charge in [-0.3, -0.25) is 4.79 Å². The number of carbonyl (C=O) groups is 1. The third-order valence-electron chi connectivity index (χ3n) is 6.69. The number of carbonyl (C=O) groups excluding carboxylic acids is 1. The molecule has 1 aliphatic heterocycles. The highest BCUT2D eigenvalue weighted by Crippen LogP contribution is 2.51. The molecule has 1 saturated carbocycles. The summed E-state index contributed by atoms with van der Waals surface area (Å²) in [6, 6.07) is 18.3. The van der Waals surface area contributed by atoms with Crippen molar-refractivity contribution in [3.05, 3.63) is 71.5 Å². The number of likely N-dealkylation sites (tertiary alicyclic amines) is 1. The number of methoxy groups -OCH3 is 1. The topological polar surface area (TPSA) is 60.2 Å². The summed E-state index contributed by atoms with van der Waals surface area (Å²) in [5.74, 6) is 2.78. The fourth-order valence-corrected chi connectivity index (χ4v) is 5.55. The Balaban J connectivity index is 1.33. The molecule has 0 radical (unpaired) electrons. The first-order valence-corrected chi connectivity index (χ1v) is 12.1. The Morgan fingerprint density at radius 3 is 2.56 bits per heavy atom. The van der Waals surface area contributed by atoms with Crippen molar-refractivity contribution in [3.63, 3.8) is 0 Å². The first-order valence-electron chi connectivity index (χ1n) is 11.1. The van der Waals surface area contributed by atoms with Crippen LogP contribution in [0.1, 0.15) is 48.7 Å². The minimum absolute atomic E-state index is 0.0122. The van der Waals surface area contributed by atoms with Crippen molar-refractivity contribution in [1.82, 2.24) is 19.7 Å². The number of aromatic nitrogens is 3. The van der Waals surface area contributed by atoms with Gasteiger partial charge in [0, 0.05) is 19.3 Å². The van der Waals surface area contributed by atoms with Crippen LogP contribution < -0.4 is 4.74 Å². The van der Waals surface area contributed by atoms with Crippen molar-refractivity contribution >= 4 is 17.7 Å². The van der Waals surface area contributed by atoms with Crippen molar-refractivity contribution in [3.8, 4) is 5.75 Å². The molecule has 3 aromatic rings. The summed E-state index contributed by atoms with van der Waals surface area (Å²) in [7, 11) is 3.68. The van der Waals surface area contributed by atoms with E-state index in [2.05, 4.69) is 39.0 Å². The van der Waals surface area contributed by atoms with Crippen LogP contribution in [0.25, 0.3) is 0 Å². The summed E-state index contributed by atoms with van der Waals surface area (Å²) in [5, 5.41) is 9.86. The van der Waals surface area contributed by atoms with Crippen LogP contribution in [0.5, 0.6) is 5.75 Å². The van der Waals surface area contributed by atoms with E-state index in [1.165, 1.54) is 5.56 Å². The molecule has 7 heteroatoms. The Morgan fingerprint density at radius 1 is 1.12 bits per heavy atom. The number of rotatable bonds is 7. The number of nitrogens with zero attached hydrogens (tertiary/aromatic N) is 4. The van der Waals surface area contributed by atoms with E-state index >= 15 is 0 Å². The summed E-state index contributed by atoms with van der Waals surface area (Å²) in [6.07, 6.45) is 3.73. The predicted octanol–water partition coefficient (Wildman–Crippen LogP) is 4.51. The lowest BCUT2D eigenvalue weighted by molar-refractivity contribution is -0.135. The lowest BCUT2D eigenvalue weighted by atomic mass is 9.94. The number of hydrogen-bond acceptors (Lipinski definition) is 5. The Labute approximate surface area is 193 Å². The molecule has 2 heterocycles. The van der Waals surface area contributed by atoms with E-state index in [0.29, 0.717) is 0 Å². The molecule has 1 aliphatic carbocycles. The molecule has 1 aromatic heterocycles. The number of amides is 1. The minimum atomic E-state index is -0.391. The molecule has 5 rings (SSSR count). The minimum Gasteiger partial charge on any atom is -0.497 e. The summed E-state index contributed by atoms with van der Waals surface area (Å²) in [4.78, 5) is 15.8. The van der Waals surface area contributed by atoms with E-state index in [4.69, 9.17) is 4.74 Å². The van der Waals surface area contributed by atoms with Gasteiger partial charge in [-0.25, -0.2) is 0 Å². The highest BCUT2D eigenvalue weighted by Gasteiger charge is 2.54. The largest absolute Gasteiger partial charge is 0.497 e. The van der Waals surface area contributed by atoms with E-state index < -0.39 is 5.41 Å². The molecule has 166 valence electrons. The van der Waals surface area contributed by atoms with E-state index in [-0.39, 0.29) is 11.9 Å². The van der Waals surface area contributed by atoms with Gasteiger partial charge < -0.3 is 14.2 Å². The van der Waals surface area contributed by atoms with Gasteiger partial charge in [-0.05, 0) is 48.9 Å². The lowest BCUT2D eigenvalue weighted by Crippen LogP contribution is -2.39. The van der Waals surface area contributed by atoms with Crippen LogP contribution >= 0.6 is 11.8 Å². The summed E-state index contributed by atoms with van der Waals surface area (Å²) >= 11 is 1.68. The maximum Gasteiger partial charge on any atom is 0.233 e. The van der Waals surface area contributed by atoms with Crippen LogP contribution in [0.15, 0.2) is 59.8 Å². The van der Waals surface area contributed by atoms with E-state index in [9.17, 15) is 4.79 Å². The second kappa shape index (κ2) is 8.62. The fraction of sp³-hybridized carbons (Fsp3) is 0.400. The van der Waals surface area contributed by atoms with Crippen molar-refractivity contribution < 1.29 is 9.53 Å². The molecule has 6 nitrogen and oxygen atoms in total. The van der Waals surface area contributed by atoms with E-state index in [1.54, 1.807) is 18.9 Å². The van der Waals surface area contributed by atoms with Crippen molar-refractivity contribution in [2.45, 2.75) is 48.0 Å². The first kappa shape index (κ1) is 21.1. The van der Waals surface area contributed by atoms with Gasteiger partial charge in [-0.1, -0.05) is 54.2 Å². The van der Waals surface area contributed by atoms with Gasteiger partial charge in [0.1, 0.15) is 5.75 Å². The Hall–Kier alpha value is -2.80. The van der Waals surface area contributed by atoms with Gasteiger partial charge in [-0.2, -0.15) is 0 Å². The summed E-state index contributed by atoms with van der Waals surface area (Å²) in [6.45, 7) is 0.779. The quantitative estimate of drug-likeness (QED) is 0.498. The molecule has 1 saturated heterocycles. The zero-order valence-corrected chi connectivity index (χ0v) is 19.3. The Kier molecular flexibility index (Phi) is 5.67. The lowest BCUT2D eigenvalue weighted by Gasteiger charge is -2.28. The zero-order chi connectivity index (χ0) is 22.1. The molecule has 32 heavy (non-hydrogen) atoms. The van der Waals surface area contributed by atoms with Crippen molar-refractivity contribution in [1.29, 1.82) is 0 Å². The second-order valence-electron chi connectivity index (χ2n) is 8.64. The smallest absolute Gasteiger partial charge is 0.233 e. The molecule has 0 bridgehead atoms. The molecule has 2 aromatic carbocycles. The van der Waals surface area contributed by atoms with Crippen LogP contribution in [0.3, 0.4) is 0 Å². The number of thioether (sulfide) groups is 1. The SMILES string of the molecule is COc1ccc(C2(C(=O)N3CCCC3c3nnc(SCc4ccccc4)n3C)CC2)cc1. The molecular formula is C25H28N4O2S. The molecule has 0 spiro atoms. The van der Waals surface area contributed by atoms with Crippen LogP contribution in [-0.4, -0.2) is 39.2 Å². The highest BCUT2D eigenvalue weighted by atomic mass is 32.2. The maximum absolute atomic E-state index is 13.7. The Morgan fingerprint density at radius 2 is 1.88 bits per heavy atom. The molecule has 1 atom stereocenters. The predicted molar refractivity (Wildman–Crippen MR) is 125 cm³/mol. The molecule has 0 N–H and O–H groups in total. The zero-order valence-electron chi connectivity index (χ0n) is 18.5. The van der Waals surface area contributed by atoms with E-state index in [1.807, 2.05) is 42.3 Å². The molecule has 1 amide bonds. The van der Waals surface area contributed by atoms with Crippen LogP contribution in [0.2, 0.25) is 0 Å². The number of benzene rings is 2. The van der Waals surface area contributed by atoms with E-state index in [0.717, 1.165) is 60.3 Å². The van der Waals surface area contributed by atoms with Gasteiger partial charge in [0.25, 0.3) is 0 Å². The molecule has 1 unspecified atom stereocenters. The van der Waals surface area contributed by atoms with Gasteiger partial charge in [0.2, 0.25) is 5.91 Å². The van der Waals surface area contributed by atoms with Gasteiger partial charge >= 0.3 is 0 Å². The van der Waals surface area contributed by atoms with Gasteiger partial charge in [0.15, 0.2) is 11.0 Å².